The van der Waals surface area contributed by atoms with Crippen molar-refractivity contribution >= 4 is 0 Å². The summed E-state index contributed by atoms with van der Waals surface area (Å²) in [6, 6.07) is 9.90. The maximum absolute atomic E-state index is 9.52. The highest BCUT2D eigenvalue weighted by atomic mass is 16.3. The zero-order valence-corrected chi connectivity index (χ0v) is 13.6. The van der Waals surface area contributed by atoms with Crippen LogP contribution in [0.25, 0.3) is 0 Å². The number of unbranched alkanes of at least 4 members (excludes halogenated alkanes) is 1. The summed E-state index contributed by atoms with van der Waals surface area (Å²) in [5.74, 6) is 0.435. The van der Waals surface area contributed by atoms with Crippen LogP contribution in [-0.2, 0) is 6.42 Å². The topological polar surface area (TPSA) is 32.3 Å². The number of benzene rings is 1. The summed E-state index contributed by atoms with van der Waals surface area (Å²) in [4.78, 5) is 0. The van der Waals surface area contributed by atoms with Gasteiger partial charge in [-0.3, -0.25) is 0 Å². The Hall–Kier alpha value is -0.860. The molecule has 0 heterocycles. The van der Waals surface area contributed by atoms with E-state index < -0.39 is 0 Å². The Morgan fingerprint density at radius 1 is 1.19 bits per heavy atom. The van der Waals surface area contributed by atoms with Crippen molar-refractivity contribution in [1.29, 1.82) is 0 Å². The Kier molecular flexibility index (Phi) is 6.72. The molecule has 1 fully saturated rings. The van der Waals surface area contributed by atoms with Crippen molar-refractivity contribution in [1.82, 2.24) is 5.32 Å². The molecular formula is C19H31NO. The fourth-order valence-corrected chi connectivity index (χ4v) is 3.42. The second kappa shape index (κ2) is 8.55. The largest absolute Gasteiger partial charge is 0.396 e. The molecule has 0 amide bonds. The van der Waals surface area contributed by atoms with Crippen LogP contribution in [0.3, 0.4) is 0 Å². The van der Waals surface area contributed by atoms with Crippen LogP contribution in [0.4, 0.5) is 0 Å². The van der Waals surface area contributed by atoms with Gasteiger partial charge in [-0.15, -0.1) is 0 Å². The molecule has 1 saturated carbocycles. The first kappa shape index (κ1) is 16.5. The van der Waals surface area contributed by atoms with E-state index in [-0.39, 0.29) is 0 Å². The van der Waals surface area contributed by atoms with E-state index in [1.807, 2.05) is 0 Å². The Labute approximate surface area is 130 Å². The summed E-state index contributed by atoms with van der Waals surface area (Å²) >= 11 is 0. The van der Waals surface area contributed by atoms with Crippen molar-refractivity contribution in [2.24, 2.45) is 5.92 Å². The van der Waals surface area contributed by atoms with Crippen molar-refractivity contribution < 1.29 is 5.11 Å². The molecule has 2 nitrogen and oxygen atoms in total. The minimum atomic E-state index is 0.320. The molecule has 3 unspecified atom stereocenters. The fraction of sp³-hybridized carbons (Fsp3) is 0.684. The molecule has 0 aromatic heterocycles. The van der Waals surface area contributed by atoms with Gasteiger partial charge in [0.2, 0.25) is 0 Å². The van der Waals surface area contributed by atoms with Crippen LogP contribution in [-0.4, -0.2) is 17.8 Å². The first-order valence-corrected chi connectivity index (χ1v) is 8.70. The van der Waals surface area contributed by atoms with E-state index in [4.69, 9.17) is 0 Å². The maximum atomic E-state index is 9.52. The van der Waals surface area contributed by atoms with Gasteiger partial charge in [-0.05, 0) is 49.7 Å². The Morgan fingerprint density at radius 3 is 2.57 bits per heavy atom. The Bertz CT molecular complexity index is 401. The predicted molar refractivity (Wildman–Crippen MR) is 89.4 cm³/mol. The molecule has 2 N–H and O–H groups in total. The van der Waals surface area contributed by atoms with Crippen molar-refractivity contribution in [3.05, 3.63) is 35.4 Å². The smallest absolute Gasteiger partial charge is 0.0474 e. The van der Waals surface area contributed by atoms with Gasteiger partial charge >= 0.3 is 0 Å². The molecule has 21 heavy (non-hydrogen) atoms. The SMILES string of the molecule is CCCCc1ccc(C(C)NC2CCCCC2CO)cc1. The molecule has 3 atom stereocenters. The molecule has 0 bridgehead atoms. The summed E-state index contributed by atoms with van der Waals surface area (Å²) in [5, 5.41) is 13.3. The van der Waals surface area contributed by atoms with Crippen LogP contribution in [0.5, 0.6) is 0 Å². The highest BCUT2D eigenvalue weighted by Gasteiger charge is 2.25. The Morgan fingerprint density at radius 2 is 1.90 bits per heavy atom. The van der Waals surface area contributed by atoms with Crippen LogP contribution in [0.2, 0.25) is 0 Å². The van der Waals surface area contributed by atoms with Gasteiger partial charge in [0.25, 0.3) is 0 Å². The van der Waals surface area contributed by atoms with Crippen LogP contribution >= 0.6 is 0 Å². The fourth-order valence-electron chi connectivity index (χ4n) is 3.42. The number of hydrogen-bond acceptors (Lipinski definition) is 2. The van der Waals surface area contributed by atoms with Crippen molar-refractivity contribution in [2.75, 3.05) is 6.61 Å². The maximum Gasteiger partial charge on any atom is 0.0474 e. The standard InChI is InChI=1S/C19H31NO/c1-3-4-7-16-10-12-17(13-11-16)15(2)20-19-9-6-5-8-18(19)14-21/h10-13,15,18-21H,3-9,14H2,1-2H3. The summed E-state index contributed by atoms with van der Waals surface area (Å²) < 4.78 is 0. The van der Waals surface area contributed by atoms with Crippen molar-refractivity contribution in [2.45, 2.75) is 70.9 Å². The van der Waals surface area contributed by atoms with Gasteiger partial charge in [0, 0.05) is 18.7 Å². The minimum Gasteiger partial charge on any atom is -0.396 e. The lowest BCUT2D eigenvalue weighted by Gasteiger charge is -2.33. The molecule has 1 aromatic carbocycles. The number of nitrogens with one attached hydrogen (secondary N) is 1. The molecule has 0 saturated heterocycles. The molecule has 1 aliphatic carbocycles. The van der Waals surface area contributed by atoms with Gasteiger partial charge < -0.3 is 10.4 Å². The molecule has 2 heteroatoms. The number of hydrogen-bond donors (Lipinski definition) is 2. The molecule has 1 aliphatic rings. The quantitative estimate of drug-likeness (QED) is 0.787. The Balaban J connectivity index is 1.91. The summed E-state index contributed by atoms with van der Waals surface area (Å²) in [6.07, 6.45) is 8.63. The lowest BCUT2D eigenvalue weighted by Crippen LogP contribution is -2.41. The third-order valence-corrected chi connectivity index (χ3v) is 4.91. The lowest BCUT2D eigenvalue weighted by molar-refractivity contribution is 0.147. The molecule has 2 rings (SSSR count). The van der Waals surface area contributed by atoms with E-state index in [0.717, 1.165) is 6.42 Å². The summed E-state index contributed by atoms with van der Waals surface area (Å²) in [5.41, 5.74) is 2.80. The average Bonchev–Trinajstić information content (AvgIpc) is 2.54. The lowest BCUT2D eigenvalue weighted by atomic mass is 9.84. The first-order valence-electron chi connectivity index (χ1n) is 8.70. The van der Waals surface area contributed by atoms with E-state index in [0.29, 0.717) is 24.6 Å². The highest BCUT2D eigenvalue weighted by Crippen LogP contribution is 2.26. The van der Waals surface area contributed by atoms with E-state index in [2.05, 4.69) is 43.4 Å². The van der Waals surface area contributed by atoms with Gasteiger partial charge in [-0.2, -0.15) is 0 Å². The zero-order chi connectivity index (χ0) is 15.1. The second-order valence-electron chi connectivity index (χ2n) is 6.57. The monoisotopic (exact) mass is 289 g/mol. The number of aliphatic hydroxyl groups excluding tert-OH is 1. The van der Waals surface area contributed by atoms with Crippen LogP contribution in [0, 0.1) is 5.92 Å². The molecule has 0 spiro atoms. The van der Waals surface area contributed by atoms with Gasteiger partial charge in [0.1, 0.15) is 0 Å². The van der Waals surface area contributed by atoms with E-state index in [1.165, 1.54) is 49.7 Å². The molecular weight excluding hydrogens is 258 g/mol. The highest BCUT2D eigenvalue weighted by molar-refractivity contribution is 5.25. The number of aliphatic hydroxyl groups is 1. The zero-order valence-electron chi connectivity index (χ0n) is 13.6. The number of rotatable bonds is 7. The van der Waals surface area contributed by atoms with Crippen LogP contribution in [0.1, 0.15) is 69.5 Å². The normalized spacial score (nSPS) is 24.0. The first-order chi connectivity index (χ1) is 10.2. The molecule has 1 aromatic rings. The summed E-state index contributed by atoms with van der Waals surface area (Å²) in [6.45, 7) is 4.80. The third kappa shape index (κ3) is 4.82. The van der Waals surface area contributed by atoms with Gasteiger partial charge in [-0.1, -0.05) is 50.5 Å². The van der Waals surface area contributed by atoms with Gasteiger partial charge in [0.15, 0.2) is 0 Å². The molecule has 0 aliphatic heterocycles. The van der Waals surface area contributed by atoms with E-state index in [9.17, 15) is 5.11 Å². The van der Waals surface area contributed by atoms with Crippen molar-refractivity contribution in [3.8, 4) is 0 Å². The average molecular weight is 289 g/mol. The van der Waals surface area contributed by atoms with E-state index >= 15 is 0 Å². The third-order valence-electron chi connectivity index (χ3n) is 4.91. The summed E-state index contributed by atoms with van der Waals surface area (Å²) in [7, 11) is 0. The predicted octanol–water partition coefficient (Wildman–Crippen LogP) is 4.23. The van der Waals surface area contributed by atoms with Gasteiger partial charge in [-0.25, -0.2) is 0 Å². The van der Waals surface area contributed by atoms with Gasteiger partial charge in [0.05, 0.1) is 0 Å². The number of aryl methyl sites for hydroxylation is 1. The second-order valence-corrected chi connectivity index (χ2v) is 6.57. The van der Waals surface area contributed by atoms with Crippen LogP contribution < -0.4 is 5.32 Å². The van der Waals surface area contributed by atoms with Crippen molar-refractivity contribution in [3.63, 3.8) is 0 Å². The van der Waals surface area contributed by atoms with Crippen LogP contribution in [0.15, 0.2) is 24.3 Å². The van der Waals surface area contributed by atoms with E-state index in [1.54, 1.807) is 0 Å². The molecule has 0 radical (unpaired) electrons. The molecule has 118 valence electrons. The minimum absolute atomic E-state index is 0.320.